The van der Waals surface area contributed by atoms with Gasteiger partial charge in [-0.05, 0) is 68.7 Å². The molecule has 0 saturated carbocycles. The van der Waals surface area contributed by atoms with Crippen molar-refractivity contribution in [3.8, 4) is 0 Å². The number of benzene rings is 3. The quantitative estimate of drug-likeness (QED) is 0.333. The number of carbonyl (C=O) groups excluding carboxylic acids is 2. The van der Waals surface area contributed by atoms with Crippen LogP contribution in [0.2, 0.25) is 0 Å². The van der Waals surface area contributed by atoms with E-state index in [9.17, 15) is 19.7 Å². The van der Waals surface area contributed by atoms with E-state index in [2.05, 4.69) is 5.32 Å². The third-order valence-electron chi connectivity index (χ3n) is 5.69. The number of hydrogen-bond donors (Lipinski definition) is 1. The Balaban J connectivity index is 1.85. The Kier molecular flexibility index (Phi) is 5.55. The van der Waals surface area contributed by atoms with Crippen LogP contribution < -0.4 is 10.2 Å². The number of hydrogen-bond acceptors (Lipinski definition) is 5. The van der Waals surface area contributed by atoms with Crippen LogP contribution in [0.5, 0.6) is 0 Å². The van der Waals surface area contributed by atoms with Gasteiger partial charge in [0.1, 0.15) is 5.70 Å². The average Bonchev–Trinajstić information content (AvgIpc) is 3.00. The summed E-state index contributed by atoms with van der Waals surface area (Å²) in [5.74, 6) is -0.951. The second-order valence-electron chi connectivity index (χ2n) is 8.23. The number of nitro benzene ring substituents is 1. The Morgan fingerprint density at radius 2 is 1.39 bits per heavy atom. The van der Waals surface area contributed by atoms with Crippen LogP contribution in [-0.4, -0.2) is 16.7 Å². The van der Waals surface area contributed by atoms with Crippen LogP contribution in [0.3, 0.4) is 0 Å². The highest BCUT2D eigenvalue weighted by Gasteiger charge is 2.41. The van der Waals surface area contributed by atoms with Gasteiger partial charge in [-0.1, -0.05) is 35.4 Å². The van der Waals surface area contributed by atoms with Crippen LogP contribution in [0.15, 0.2) is 66.4 Å². The first-order valence-electron chi connectivity index (χ1n) is 10.5. The molecule has 2 amide bonds. The summed E-state index contributed by atoms with van der Waals surface area (Å²) in [6.07, 6.45) is 0. The van der Waals surface area contributed by atoms with Crippen molar-refractivity contribution >= 4 is 34.4 Å². The molecule has 7 nitrogen and oxygen atoms in total. The van der Waals surface area contributed by atoms with Crippen LogP contribution in [0.1, 0.15) is 27.8 Å². The van der Waals surface area contributed by atoms with E-state index in [0.29, 0.717) is 16.9 Å². The molecule has 1 aliphatic heterocycles. The summed E-state index contributed by atoms with van der Waals surface area (Å²) in [6.45, 7) is 7.69. The maximum atomic E-state index is 13.6. The molecular weight excluding hydrogens is 418 g/mol. The van der Waals surface area contributed by atoms with Crippen molar-refractivity contribution in [2.75, 3.05) is 10.2 Å². The average molecular weight is 441 g/mol. The molecule has 166 valence electrons. The van der Waals surface area contributed by atoms with Crippen molar-refractivity contribution in [3.05, 3.63) is 104 Å². The third-order valence-corrected chi connectivity index (χ3v) is 5.69. The van der Waals surface area contributed by atoms with Crippen LogP contribution in [0.25, 0.3) is 5.57 Å². The standard InChI is InChI=1S/C26H23N3O4/c1-15-5-11-21(17(3)13-15)27-24-23(19-7-9-20(10-8-19)29(32)33)25(30)28(26(24)31)22-12-6-16(2)14-18(22)4/h5-14,27H,1-4H3. The highest BCUT2D eigenvalue weighted by molar-refractivity contribution is 6.46. The number of anilines is 2. The lowest BCUT2D eigenvalue weighted by molar-refractivity contribution is -0.384. The Morgan fingerprint density at radius 3 is 1.97 bits per heavy atom. The molecule has 0 radical (unpaired) electrons. The van der Waals surface area contributed by atoms with Crippen LogP contribution >= 0.6 is 0 Å². The zero-order valence-electron chi connectivity index (χ0n) is 18.8. The molecule has 1 aliphatic rings. The van der Waals surface area contributed by atoms with Gasteiger partial charge in [0.25, 0.3) is 17.5 Å². The summed E-state index contributed by atoms with van der Waals surface area (Å²) in [5.41, 5.74) is 5.69. The lowest BCUT2D eigenvalue weighted by atomic mass is 10.0. The van der Waals surface area contributed by atoms with Crippen molar-refractivity contribution in [2.24, 2.45) is 0 Å². The molecule has 4 rings (SSSR count). The number of nitrogens with one attached hydrogen (secondary N) is 1. The largest absolute Gasteiger partial charge is 0.350 e. The fraction of sp³-hybridized carbons (Fsp3) is 0.154. The van der Waals surface area contributed by atoms with Gasteiger partial charge in [-0.2, -0.15) is 0 Å². The van der Waals surface area contributed by atoms with Gasteiger partial charge < -0.3 is 5.32 Å². The molecule has 3 aromatic carbocycles. The first kappa shape index (κ1) is 22.0. The zero-order chi connectivity index (χ0) is 23.9. The normalized spacial score (nSPS) is 13.6. The predicted octanol–water partition coefficient (Wildman–Crippen LogP) is 5.23. The zero-order valence-corrected chi connectivity index (χ0v) is 18.8. The molecule has 0 spiro atoms. The molecule has 0 unspecified atom stereocenters. The number of imide groups is 1. The maximum Gasteiger partial charge on any atom is 0.282 e. The molecule has 33 heavy (non-hydrogen) atoms. The molecule has 7 heteroatoms. The monoisotopic (exact) mass is 441 g/mol. The van der Waals surface area contributed by atoms with Crippen molar-refractivity contribution in [1.29, 1.82) is 0 Å². The molecule has 1 heterocycles. The molecule has 0 saturated heterocycles. The number of non-ortho nitro benzene ring substituents is 1. The van der Waals surface area contributed by atoms with E-state index in [-0.39, 0.29) is 17.0 Å². The molecule has 0 aromatic heterocycles. The number of aryl methyl sites for hydroxylation is 4. The van der Waals surface area contributed by atoms with E-state index >= 15 is 0 Å². The Labute approximate surface area is 191 Å². The highest BCUT2D eigenvalue weighted by Crippen LogP contribution is 2.36. The number of rotatable bonds is 5. The highest BCUT2D eigenvalue weighted by atomic mass is 16.6. The number of carbonyl (C=O) groups is 2. The molecule has 0 bridgehead atoms. The lowest BCUT2D eigenvalue weighted by Gasteiger charge is -2.18. The Hall–Kier alpha value is -4.26. The molecule has 1 N–H and O–H groups in total. The predicted molar refractivity (Wildman–Crippen MR) is 128 cm³/mol. The van der Waals surface area contributed by atoms with Gasteiger partial charge in [0.05, 0.1) is 16.2 Å². The third kappa shape index (κ3) is 4.01. The van der Waals surface area contributed by atoms with Gasteiger partial charge in [0.15, 0.2) is 0 Å². The summed E-state index contributed by atoms with van der Waals surface area (Å²) in [7, 11) is 0. The Morgan fingerprint density at radius 1 is 0.788 bits per heavy atom. The van der Waals surface area contributed by atoms with Crippen molar-refractivity contribution in [3.63, 3.8) is 0 Å². The van der Waals surface area contributed by atoms with Crippen LogP contribution in [0, 0.1) is 37.8 Å². The van der Waals surface area contributed by atoms with Gasteiger partial charge in [0, 0.05) is 17.8 Å². The molecule has 0 aliphatic carbocycles. The van der Waals surface area contributed by atoms with E-state index in [1.165, 1.54) is 24.3 Å². The summed E-state index contributed by atoms with van der Waals surface area (Å²) < 4.78 is 0. The number of nitro groups is 1. The minimum Gasteiger partial charge on any atom is -0.350 e. The lowest BCUT2D eigenvalue weighted by Crippen LogP contribution is -2.33. The van der Waals surface area contributed by atoms with Crippen molar-refractivity contribution in [2.45, 2.75) is 27.7 Å². The van der Waals surface area contributed by atoms with Crippen molar-refractivity contribution in [1.82, 2.24) is 0 Å². The Bertz CT molecular complexity index is 1340. The minimum absolute atomic E-state index is 0.0914. The molecule has 0 atom stereocenters. The fourth-order valence-corrected chi connectivity index (χ4v) is 4.03. The van der Waals surface area contributed by atoms with Gasteiger partial charge in [0.2, 0.25) is 0 Å². The molecule has 3 aromatic rings. The second-order valence-corrected chi connectivity index (χ2v) is 8.23. The smallest absolute Gasteiger partial charge is 0.282 e. The first-order chi connectivity index (χ1) is 15.7. The van der Waals surface area contributed by atoms with Gasteiger partial charge in [-0.25, -0.2) is 4.90 Å². The summed E-state index contributed by atoms with van der Waals surface area (Å²) in [5, 5.41) is 14.2. The summed E-state index contributed by atoms with van der Waals surface area (Å²) >= 11 is 0. The maximum absolute atomic E-state index is 13.6. The first-order valence-corrected chi connectivity index (χ1v) is 10.5. The molecule has 0 fully saturated rings. The van der Waals surface area contributed by atoms with E-state index in [1.54, 1.807) is 6.07 Å². The second kappa shape index (κ2) is 8.35. The number of amides is 2. The van der Waals surface area contributed by atoms with Crippen LogP contribution in [-0.2, 0) is 9.59 Å². The van der Waals surface area contributed by atoms with E-state index < -0.39 is 16.7 Å². The summed E-state index contributed by atoms with van der Waals surface area (Å²) in [4.78, 5) is 38.9. The number of nitrogens with zero attached hydrogens (tertiary/aromatic N) is 2. The van der Waals surface area contributed by atoms with Crippen molar-refractivity contribution < 1.29 is 14.5 Å². The van der Waals surface area contributed by atoms with Gasteiger partial charge >= 0.3 is 0 Å². The SMILES string of the molecule is Cc1ccc(NC2=C(c3ccc([N+](=O)[O-])cc3)C(=O)N(c3ccc(C)cc3C)C2=O)c(C)c1. The summed E-state index contributed by atoms with van der Waals surface area (Å²) in [6, 6.07) is 16.9. The van der Waals surface area contributed by atoms with Crippen LogP contribution in [0.4, 0.5) is 17.1 Å². The minimum atomic E-state index is -0.503. The van der Waals surface area contributed by atoms with Gasteiger partial charge in [-0.3, -0.25) is 19.7 Å². The topological polar surface area (TPSA) is 92.6 Å². The fourth-order valence-electron chi connectivity index (χ4n) is 4.03. The van der Waals surface area contributed by atoms with Gasteiger partial charge in [-0.15, -0.1) is 0 Å². The van der Waals surface area contributed by atoms with E-state index in [0.717, 1.165) is 27.2 Å². The molecular formula is C26H23N3O4. The van der Waals surface area contributed by atoms with E-state index in [1.807, 2.05) is 58.0 Å². The van der Waals surface area contributed by atoms with E-state index in [4.69, 9.17) is 0 Å².